The Hall–Kier alpha value is -1.53. The molecule has 0 aliphatic rings. The summed E-state index contributed by atoms with van der Waals surface area (Å²) in [4.78, 5) is 11.5. The molecular weight excluding hydrogens is 214 g/mol. The summed E-state index contributed by atoms with van der Waals surface area (Å²) in [6, 6.07) is 6.77. The van der Waals surface area contributed by atoms with E-state index in [4.69, 9.17) is 21.6 Å². The van der Waals surface area contributed by atoms with Crippen molar-refractivity contribution in [2.45, 2.75) is 13.3 Å². The monoisotopic (exact) mass is 223 g/mol. The van der Waals surface area contributed by atoms with E-state index in [9.17, 15) is 4.79 Å². The first-order valence-corrected chi connectivity index (χ1v) is 4.89. The predicted octanol–water partition coefficient (Wildman–Crippen LogP) is 2.58. The van der Waals surface area contributed by atoms with Gasteiger partial charge in [-0.15, -0.1) is 0 Å². The molecule has 0 radical (unpaired) electrons. The van der Waals surface area contributed by atoms with Crippen LogP contribution in [0.2, 0.25) is 5.02 Å². The number of nitrogens with zero attached hydrogens (tertiary/aromatic N) is 1. The van der Waals surface area contributed by atoms with Crippen molar-refractivity contribution < 1.29 is 9.53 Å². The van der Waals surface area contributed by atoms with Gasteiger partial charge in [-0.3, -0.25) is 0 Å². The van der Waals surface area contributed by atoms with E-state index < -0.39 is 5.97 Å². The van der Waals surface area contributed by atoms with Crippen molar-refractivity contribution in [1.82, 2.24) is 0 Å². The van der Waals surface area contributed by atoms with Crippen LogP contribution in [0.15, 0.2) is 18.2 Å². The van der Waals surface area contributed by atoms with Crippen LogP contribution in [-0.4, -0.2) is 12.6 Å². The molecule has 0 aromatic heterocycles. The molecule has 0 unspecified atom stereocenters. The van der Waals surface area contributed by atoms with Gasteiger partial charge in [-0.1, -0.05) is 11.6 Å². The Morgan fingerprint density at radius 3 is 2.93 bits per heavy atom. The fourth-order valence-electron chi connectivity index (χ4n) is 1.20. The van der Waals surface area contributed by atoms with E-state index in [-0.39, 0.29) is 6.42 Å². The molecule has 15 heavy (non-hydrogen) atoms. The number of hydrogen-bond acceptors (Lipinski definition) is 3. The summed E-state index contributed by atoms with van der Waals surface area (Å²) in [5.74, 6) is -0.417. The van der Waals surface area contributed by atoms with Crippen molar-refractivity contribution in [2.24, 2.45) is 0 Å². The zero-order chi connectivity index (χ0) is 11.3. The smallest absolute Gasteiger partial charge is 0.338 e. The van der Waals surface area contributed by atoms with Crippen molar-refractivity contribution in [1.29, 1.82) is 5.26 Å². The van der Waals surface area contributed by atoms with Gasteiger partial charge in [0.2, 0.25) is 0 Å². The summed E-state index contributed by atoms with van der Waals surface area (Å²) in [5, 5.41) is 9.11. The van der Waals surface area contributed by atoms with E-state index in [0.717, 1.165) is 0 Å². The second-order valence-corrected chi connectivity index (χ2v) is 3.29. The van der Waals surface area contributed by atoms with E-state index in [1.807, 2.05) is 6.07 Å². The summed E-state index contributed by atoms with van der Waals surface area (Å²) in [5.41, 5.74) is 1.01. The molecule has 0 spiro atoms. The number of ether oxygens (including phenoxy) is 1. The highest BCUT2D eigenvalue weighted by atomic mass is 35.5. The molecule has 1 rings (SSSR count). The zero-order valence-electron chi connectivity index (χ0n) is 8.29. The molecule has 0 saturated heterocycles. The minimum Gasteiger partial charge on any atom is -0.462 e. The average Bonchev–Trinajstić information content (AvgIpc) is 2.18. The van der Waals surface area contributed by atoms with Crippen LogP contribution in [0, 0.1) is 11.3 Å². The Labute approximate surface area is 93.2 Å². The lowest BCUT2D eigenvalue weighted by Crippen LogP contribution is -2.07. The molecule has 0 aliphatic carbocycles. The van der Waals surface area contributed by atoms with Gasteiger partial charge in [0.15, 0.2) is 0 Å². The summed E-state index contributed by atoms with van der Waals surface area (Å²) in [6.45, 7) is 2.05. The van der Waals surface area contributed by atoms with Crippen molar-refractivity contribution in [2.75, 3.05) is 6.61 Å². The fraction of sp³-hybridized carbons (Fsp3) is 0.273. The SMILES string of the molecule is CCOC(=O)c1ccc(Cl)cc1CC#N. The van der Waals surface area contributed by atoms with E-state index in [0.29, 0.717) is 22.8 Å². The third kappa shape index (κ3) is 2.97. The van der Waals surface area contributed by atoms with Gasteiger partial charge in [-0.25, -0.2) is 4.79 Å². The van der Waals surface area contributed by atoms with Crippen LogP contribution in [0.5, 0.6) is 0 Å². The second-order valence-electron chi connectivity index (χ2n) is 2.86. The molecule has 0 N–H and O–H groups in total. The van der Waals surface area contributed by atoms with E-state index in [1.165, 1.54) is 0 Å². The van der Waals surface area contributed by atoms with Gasteiger partial charge in [0.05, 0.1) is 24.7 Å². The minimum absolute atomic E-state index is 0.148. The van der Waals surface area contributed by atoms with Gasteiger partial charge in [0, 0.05) is 5.02 Å². The molecule has 3 nitrogen and oxygen atoms in total. The van der Waals surface area contributed by atoms with Crippen LogP contribution in [-0.2, 0) is 11.2 Å². The van der Waals surface area contributed by atoms with Gasteiger partial charge in [-0.2, -0.15) is 5.26 Å². The van der Waals surface area contributed by atoms with Gasteiger partial charge < -0.3 is 4.74 Å². The van der Waals surface area contributed by atoms with Crippen molar-refractivity contribution in [3.8, 4) is 6.07 Å². The lowest BCUT2D eigenvalue weighted by atomic mass is 10.1. The number of halogens is 1. The van der Waals surface area contributed by atoms with Gasteiger partial charge >= 0.3 is 5.97 Å². The van der Waals surface area contributed by atoms with Crippen molar-refractivity contribution in [3.05, 3.63) is 34.3 Å². The van der Waals surface area contributed by atoms with E-state index in [2.05, 4.69) is 0 Å². The van der Waals surface area contributed by atoms with Crippen molar-refractivity contribution in [3.63, 3.8) is 0 Å². The number of nitriles is 1. The largest absolute Gasteiger partial charge is 0.462 e. The molecule has 0 amide bonds. The van der Waals surface area contributed by atoms with Crippen LogP contribution >= 0.6 is 11.6 Å². The van der Waals surface area contributed by atoms with Crippen molar-refractivity contribution >= 4 is 17.6 Å². The molecule has 1 aromatic rings. The van der Waals surface area contributed by atoms with Crippen LogP contribution in [0.3, 0.4) is 0 Å². The third-order valence-electron chi connectivity index (χ3n) is 1.83. The first kappa shape index (κ1) is 11.5. The normalized spacial score (nSPS) is 9.40. The maximum absolute atomic E-state index is 11.5. The average molecular weight is 224 g/mol. The van der Waals surface area contributed by atoms with E-state index in [1.54, 1.807) is 25.1 Å². The minimum atomic E-state index is -0.417. The zero-order valence-corrected chi connectivity index (χ0v) is 9.04. The molecule has 0 atom stereocenters. The lowest BCUT2D eigenvalue weighted by Gasteiger charge is -2.06. The Morgan fingerprint density at radius 2 is 2.33 bits per heavy atom. The topological polar surface area (TPSA) is 50.1 Å². The first-order chi connectivity index (χ1) is 7.19. The molecule has 1 aromatic carbocycles. The van der Waals surface area contributed by atoms with Crippen LogP contribution in [0.25, 0.3) is 0 Å². The molecule has 4 heteroatoms. The molecular formula is C11H10ClNO2. The summed E-state index contributed by atoms with van der Waals surface area (Å²) in [7, 11) is 0. The molecule has 0 fully saturated rings. The molecule has 0 bridgehead atoms. The molecule has 0 heterocycles. The quantitative estimate of drug-likeness (QED) is 0.740. The first-order valence-electron chi connectivity index (χ1n) is 4.51. The van der Waals surface area contributed by atoms with Gasteiger partial charge in [0.25, 0.3) is 0 Å². The third-order valence-corrected chi connectivity index (χ3v) is 2.07. The number of hydrogen-bond donors (Lipinski definition) is 0. The lowest BCUT2D eigenvalue weighted by molar-refractivity contribution is 0.0525. The van der Waals surface area contributed by atoms with Crippen LogP contribution in [0.4, 0.5) is 0 Å². The summed E-state index contributed by atoms with van der Waals surface area (Å²) in [6.07, 6.45) is 0.148. The molecule has 0 aliphatic heterocycles. The van der Waals surface area contributed by atoms with Crippen LogP contribution in [0.1, 0.15) is 22.8 Å². The highest BCUT2D eigenvalue weighted by Gasteiger charge is 2.12. The second kappa shape index (κ2) is 5.38. The van der Waals surface area contributed by atoms with Crippen LogP contribution < -0.4 is 0 Å². The maximum atomic E-state index is 11.5. The maximum Gasteiger partial charge on any atom is 0.338 e. The standard InChI is InChI=1S/C11H10ClNO2/c1-2-15-11(14)10-4-3-9(12)7-8(10)5-6-13/h3-4,7H,2,5H2,1H3. The Kier molecular flexibility index (Phi) is 4.14. The van der Waals surface area contributed by atoms with Gasteiger partial charge in [0.1, 0.15) is 0 Å². The van der Waals surface area contributed by atoms with Gasteiger partial charge in [-0.05, 0) is 30.7 Å². The Morgan fingerprint density at radius 1 is 1.60 bits per heavy atom. The fourth-order valence-corrected chi connectivity index (χ4v) is 1.40. The number of carbonyl (C=O) groups is 1. The number of esters is 1. The number of rotatable bonds is 3. The Balaban J connectivity index is 3.06. The molecule has 78 valence electrons. The highest BCUT2D eigenvalue weighted by Crippen LogP contribution is 2.17. The Bertz CT molecular complexity index is 410. The summed E-state index contributed by atoms with van der Waals surface area (Å²) < 4.78 is 4.86. The predicted molar refractivity (Wildman–Crippen MR) is 56.7 cm³/mol. The summed E-state index contributed by atoms with van der Waals surface area (Å²) >= 11 is 5.77. The number of benzene rings is 1. The highest BCUT2D eigenvalue weighted by molar-refractivity contribution is 6.30. The van der Waals surface area contributed by atoms with E-state index >= 15 is 0 Å². The number of carbonyl (C=O) groups excluding carboxylic acids is 1. The molecule has 0 saturated carbocycles.